The molecule has 1 aromatic carbocycles. The van der Waals surface area contributed by atoms with Crippen molar-refractivity contribution in [2.45, 2.75) is 4.34 Å². The van der Waals surface area contributed by atoms with Crippen LogP contribution >= 0.6 is 33.3 Å². The van der Waals surface area contributed by atoms with E-state index in [1.54, 1.807) is 24.3 Å². The summed E-state index contributed by atoms with van der Waals surface area (Å²) in [5, 5.41) is 0. The lowest BCUT2D eigenvalue weighted by Crippen LogP contribution is -1.97. The Bertz CT molecular complexity index is 648. The second-order valence-electron chi connectivity index (χ2n) is 3.14. The number of benzene rings is 1. The topological polar surface area (TPSA) is 90.3 Å². The molecule has 0 radical (unpaired) electrons. The molecule has 1 aromatic heterocycles. The van der Waals surface area contributed by atoms with Crippen molar-refractivity contribution in [1.29, 1.82) is 0 Å². The minimum absolute atomic E-state index is 0.272. The van der Waals surface area contributed by atoms with Gasteiger partial charge in [-0.1, -0.05) is 0 Å². The Balaban J connectivity index is 2.55. The minimum Gasteiger partial charge on any atom is -0.588 e. The first-order chi connectivity index (χ1) is 7.89. The Labute approximate surface area is 114 Å². The molecule has 0 fully saturated rings. The van der Waals surface area contributed by atoms with E-state index < -0.39 is 25.2 Å². The fraction of sp³-hybridized carbons (Fsp3) is 0. The molecule has 5 nitrogen and oxygen atoms in total. The lowest BCUT2D eigenvalue weighted by Gasteiger charge is -1.98. The zero-order valence-corrected chi connectivity index (χ0v) is 12.0. The predicted molar refractivity (Wildman–Crippen MR) is 70.9 cm³/mol. The number of nitrogens with zero attached hydrogens (tertiary/aromatic N) is 1. The van der Waals surface area contributed by atoms with Crippen LogP contribution in [0.5, 0.6) is 0 Å². The maximum Gasteiger partial charge on any atom is 0.386 e. The molecular formula is C9H6INO4S2. The molecule has 0 amide bonds. The van der Waals surface area contributed by atoms with Crippen LogP contribution in [-0.4, -0.2) is 22.5 Å². The van der Waals surface area contributed by atoms with Gasteiger partial charge in [-0.05, 0) is 57.6 Å². The Hall–Kier alpha value is -0.550. The van der Waals surface area contributed by atoms with Crippen molar-refractivity contribution >= 4 is 43.5 Å². The summed E-state index contributed by atoms with van der Waals surface area (Å²) in [5.74, 6) is 0. The molecule has 2 aromatic rings. The smallest absolute Gasteiger partial charge is 0.386 e. The lowest BCUT2D eigenvalue weighted by atomic mass is 10.2. The van der Waals surface area contributed by atoms with E-state index in [-0.39, 0.29) is 4.88 Å². The van der Waals surface area contributed by atoms with Gasteiger partial charge in [0.1, 0.15) is 0 Å². The Morgan fingerprint density at radius 1 is 1.29 bits per heavy atom. The molecule has 0 saturated heterocycles. The second-order valence-corrected chi connectivity index (χ2v) is 7.34. The number of rotatable bonds is 2. The highest BCUT2D eigenvalue weighted by molar-refractivity contribution is 14.1. The summed E-state index contributed by atoms with van der Waals surface area (Å²) in [5.41, 5.74) is 0.617. The maximum absolute atomic E-state index is 11.8. The van der Waals surface area contributed by atoms with Crippen LogP contribution < -0.4 is 0 Å². The quantitative estimate of drug-likeness (QED) is 0.488. The molecule has 17 heavy (non-hydrogen) atoms. The van der Waals surface area contributed by atoms with Crippen LogP contribution in [0.25, 0.3) is 10.4 Å². The number of hydrogen-bond acceptors (Lipinski definition) is 4. The molecule has 2 rings (SSSR count). The molecule has 0 aliphatic carbocycles. The van der Waals surface area contributed by atoms with Crippen LogP contribution in [0.1, 0.15) is 0 Å². The summed E-state index contributed by atoms with van der Waals surface area (Å²) in [6.07, 6.45) is 1.20. The number of aromatic nitrogens is 1. The summed E-state index contributed by atoms with van der Waals surface area (Å²) in [4.78, 5) is 3.76. The molecule has 0 saturated carbocycles. The third kappa shape index (κ3) is 2.65. The van der Waals surface area contributed by atoms with Crippen molar-refractivity contribution in [3.63, 3.8) is 0 Å². The summed E-state index contributed by atoms with van der Waals surface area (Å²) in [7, 11) is -6.46. The van der Waals surface area contributed by atoms with E-state index in [1.807, 2.05) is 0 Å². The molecule has 0 aliphatic rings. The van der Waals surface area contributed by atoms with E-state index in [2.05, 4.69) is 27.6 Å². The maximum atomic E-state index is 11.8. The zero-order chi connectivity index (χ0) is 12.6. The molecule has 0 spiro atoms. The van der Waals surface area contributed by atoms with Gasteiger partial charge in [0.2, 0.25) is 4.88 Å². The summed E-state index contributed by atoms with van der Waals surface area (Å²) >= 11 is 2.12. The van der Waals surface area contributed by atoms with Crippen molar-refractivity contribution in [2.75, 3.05) is 0 Å². The average Bonchev–Trinajstić information content (AvgIpc) is 2.61. The van der Waals surface area contributed by atoms with Crippen molar-refractivity contribution in [2.24, 2.45) is 0 Å². The summed E-state index contributed by atoms with van der Waals surface area (Å²) in [6.45, 7) is 0. The first kappa shape index (κ1) is 12.9. The largest absolute Gasteiger partial charge is 0.588 e. The molecule has 90 valence electrons. The molecule has 0 aliphatic heterocycles. The highest BCUT2D eigenvalue weighted by Crippen LogP contribution is 2.36. The summed E-state index contributed by atoms with van der Waals surface area (Å²) in [6, 6.07) is 7.04. The monoisotopic (exact) mass is 383 g/mol. The standard InChI is InChI=1S/C9H6INO4S2/c10-7-3-1-6(2-4-7)8-5-11-9(16(8)12)17(13,14)15/h1-5H,(H,13,14,15). The first-order valence-corrected chi connectivity index (χ1v) is 7.99. The minimum atomic E-state index is -4.50. The Morgan fingerprint density at radius 2 is 1.88 bits per heavy atom. The van der Waals surface area contributed by atoms with Crippen molar-refractivity contribution in [3.05, 3.63) is 34.0 Å². The Kier molecular flexibility index (Phi) is 3.50. The van der Waals surface area contributed by atoms with E-state index in [9.17, 15) is 13.0 Å². The third-order valence-electron chi connectivity index (χ3n) is 1.99. The molecular weight excluding hydrogens is 377 g/mol. The first-order valence-electron chi connectivity index (χ1n) is 4.33. The molecule has 1 unspecified atom stereocenters. The van der Waals surface area contributed by atoms with Gasteiger partial charge in [0.05, 0.1) is 6.20 Å². The van der Waals surface area contributed by atoms with Crippen LogP contribution in [0.3, 0.4) is 0 Å². The van der Waals surface area contributed by atoms with Gasteiger partial charge in [0, 0.05) is 9.13 Å². The van der Waals surface area contributed by atoms with Crippen LogP contribution in [0.2, 0.25) is 0 Å². The van der Waals surface area contributed by atoms with Gasteiger partial charge in [-0.25, -0.2) is 0 Å². The highest BCUT2D eigenvalue weighted by atomic mass is 127. The molecule has 1 atom stereocenters. The number of thiazole rings is 1. The second kappa shape index (κ2) is 4.61. The van der Waals surface area contributed by atoms with E-state index in [4.69, 9.17) is 4.55 Å². The van der Waals surface area contributed by atoms with Gasteiger partial charge in [-0.15, -0.1) is 0 Å². The third-order valence-corrected chi connectivity index (χ3v) is 5.51. The van der Waals surface area contributed by atoms with Crippen LogP contribution in [-0.2, 0) is 10.1 Å². The van der Waals surface area contributed by atoms with E-state index in [0.717, 1.165) is 3.57 Å². The number of hydrogen-bond donors (Lipinski definition) is 1. The van der Waals surface area contributed by atoms with Crippen LogP contribution in [0.15, 0.2) is 34.8 Å². The highest BCUT2D eigenvalue weighted by Gasteiger charge is 2.27. The number of halogens is 1. The lowest BCUT2D eigenvalue weighted by molar-refractivity contribution is 0.480. The van der Waals surface area contributed by atoms with E-state index >= 15 is 0 Å². The predicted octanol–water partition coefficient (Wildman–Crippen LogP) is 2.33. The van der Waals surface area contributed by atoms with Gasteiger partial charge in [0.25, 0.3) is 0 Å². The van der Waals surface area contributed by atoms with Gasteiger partial charge >= 0.3 is 14.5 Å². The fourth-order valence-corrected chi connectivity index (χ4v) is 3.67. The van der Waals surface area contributed by atoms with Gasteiger partial charge < -0.3 is 4.55 Å². The normalized spacial score (nSPS) is 12.8. The van der Waals surface area contributed by atoms with Crippen molar-refractivity contribution in [1.82, 2.24) is 4.98 Å². The summed E-state index contributed by atoms with van der Waals surface area (Å²) < 4.78 is 42.7. The van der Waals surface area contributed by atoms with Gasteiger partial charge in [-0.2, -0.15) is 13.4 Å². The SMILES string of the molecule is O=S(=O)(O)c1ncc(-c2ccc(I)cc2)[s+]1[O-]. The van der Waals surface area contributed by atoms with Crippen LogP contribution in [0, 0.1) is 3.57 Å². The average molecular weight is 383 g/mol. The zero-order valence-electron chi connectivity index (χ0n) is 8.20. The van der Waals surface area contributed by atoms with Gasteiger partial charge in [-0.3, -0.25) is 4.55 Å². The molecule has 0 bridgehead atoms. The van der Waals surface area contributed by atoms with E-state index in [1.165, 1.54) is 6.20 Å². The molecule has 1 heterocycles. The van der Waals surface area contributed by atoms with Crippen molar-refractivity contribution < 1.29 is 17.5 Å². The van der Waals surface area contributed by atoms with Crippen molar-refractivity contribution in [3.8, 4) is 10.4 Å². The molecule has 8 heteroatoms. The van der Waals surface area contributed by atoms with Crippen LogP contribution in [0.4, 0.5) is 0 Å². The van der Waals surface area contributed by atoms with E-state index in [0.29, 0.717) is 5.56 Å². The van der Waals surface area contributed by atoms with Gasteiger partial charge in [0.15, 0.2) is 0 Å². The fourth-order valence-electron chi connectivity index (χ4n) is 1.26. The molecule has 1 N–H and O–H groups in total. The Morgan fingerprint density at radius 3 is 2.35 bits per heavy atom.